The van der Waals surface area contributed by atoms with E-state index < -0.39 is 0 Å². The Morgan fingerprint density at radius 2 is 1.02 bits per heavy atom. The van der Waals surface area contributed by atoms with Gasteiger partial charge in [-0.1, -0.05) is 162 Å². The summed E-state index contributed by atoms with van der Waals surface area (Å²) >= 11 is 26.1. The molecule has 0 aliphatic carbocycles. The monoisotopic (exact) mass is 1920 g/mol. The van der Waals surface area contributed by atoms with Crippen LogP contribution in [0.15, 0.2) is 128 Å². The summed E-state index contributed by atoms with van der Waals surface area (Å²) in [6, 6.07) is 29.2. The van der Waals surface area contributed by atoms with Crippen LogP contribution in [-0.2, 0) is 74.9 Å². The zero-order valence-electron chi connectivity index (χ0n) is 63.0. The topological polar surface area (TPSA) is 406 Å². The number of aliphatic hydroxyl groups is 2. The zero-order chi connectivity index (χ0) is 79.4. The number of β-amino-alcohol motifs (C(OH)–C–C–N with tert-alkyl or cyclic N) is 2. The van der Waals surface area contributed by atoms with E-state index >= 15 is 0 Å². The molecule has 2 aliphatic heterocycles. The van der Waals surface area contributed by atoms with Crippen LogP contribution in [0.2, 0.25) is 15.1 Å². The Morgan fingerprint density at radius 1 is 0.580 bits per heavy atom. The fourth-order valence-electron chi connectivity index (χ4n) is 9.61. The zero-order valence-corrected chi connectivity index (χ0v) is 76.5. The third kappa shape index (κ3) is 35.8. The smallest absolute Gasteiger partial charge is 0.267 e. The van der Waals surface area contributed by atoms with Crippen LogP contribution in [0.25, 0.3) is 0 Å². The molecule has 10 aromatic rings. The second-order valence-corrected chi connectivity index (χ2v) is 28.2. The van der Waals surface area contributed by atoms with Crippen LogP contribution in [0.5, 0.6) is 0 Å². The Morgan fingerprint density at radius 3 is 1.45 bits per heavy atom. The van der Waals surface area contributed by atoms with E-state index in [4.69, 9.17) is 50.7 Å². The van der Waals surface area contributed by atoms with E-state index in [9.17, 15) is 19.2 Å². The number of aromatic nitrogens is 9. The van der Waals surface area contributed by atoms with Crippen LogP contribution in [0.3, 0.4) is 0 Å². The SMILES string of the molecule is COC=CC(=O)Nc1ccccc1C.Cc1c[c-]nc(C)n1.Cc1cccc(Cl)c1NC(=O)c1cnc(N)s1.Cc1n[c-]cc(Nc2ncc(C(=O)Nc3c(C)cccc3Cl)s2)n1.Cc1nc(Nc2ncc(C(=O)Nc3c(C)cccc3Cl)s2)cc(N2CCN(CCO)CC2)n1.I.NC(N)=S.OCCN1CCNCC1.[Y].[Y]. The molecule has 6 aromatic heterocycles. The number of benzene rings is 4. The van der Waals surface area contributed by atoms with Crippen molar-refractivity contribution in [3.8, 4) is 0 Å². The molecule has 0 unspecified atom stereocenters. The van der Waals surface area contributed by atoms with Gasteiger partial charge in [-0.15, -0.1) is 36.1 Å². The third-order valence-corrected chi connectivity index (χ3v) is 18.5. The number of para-hydroxylation sites is 4. The summed E-state index contributed by atoms with van der Waals surface area (Å²) in [5.74, 6) is 3.10. The average Bonchev–Trinajstić information content (AvgIpc) is 1.27. The molecule has 592 valence electrons. The molecule has 112 heavy (non-hydrogen) atoms. The van der Waals surface area contributed by atoms with Crippen LogP contribution in [0, 0.1) is 67.8 Å². The normalized spacial score (nSPS) is 12.0. The molecule has 2 radical (unpaired) electrons. The molecule has 2 fully saturated rings. The summed E-state index contributed by atoms with van der Waals surface area (Å²) in [7, 11) is 1.50. The minimum atomic E-state index is -0.267. The maximum atomic E-state index is 12.7. The number of hydrogen-bond donors (Lipinski definition) is 12. The predicted molar refractivity (Wildman–Crippen MR) is 457 cm³/mol. The van der Waals surface area contributed by atoms with Crippen molar-refractivity contribution >= 4 is 189 Å². The number of halogens is 4. The van der Waals surface area contributed by atoms with Crippen molar-refractivity contribution < 1.29 is 99.5 Å². The van der Waals surface area contributed by atoms with Gasteiger partial charge in [0, 0.05) is 166 Å². The van der Waals surface area contributed by atoms with E-state index in [1.165, 1.54) is 60.7 Å². The number of ether oxygens (including phenoxy) is 1. The number of nitrogens with zero attached hydrogens (tertiary/aromatic N) is 12. The van der Waals surface area contributed by atoms with E-state index in [2.05, 4.69) is 138 Å². The second kappa shape index (κ2) is 53.2. The first kappa shape index (κ1) is 99.1. The van der Waals surface area contributed by atoms with Crippen molar-refractivity contribution in [3.63, 3.8) is 0 Å². The van der Waals surface area contributed by atoms with E-state index in [1.54, 1.807) is 37.3 Å². The Labute approximate surface area is 751 Å². The fraction of sp³-hybridized carbons (Fsp3) is 0.288. The molecular weight excluding hydrogens is 1840 g/mol. The van der Waals surface area contributed by atoms with Crippen LogP contribution in [-0.4, -0.2) is 179 Å². The third-order valence-electron chi connectivity index (χ3n) is 14.9. The molecule has 2 aliphatic rings. The molecule has 39 heteroatoms. The van der Waals surface area contributed by atoms with Crippen LogP contribution in [0.1, 0.15) is 74.4 Å². The Balaban J connectivity index is 0.000000364. The van der Waals surface area contributed by atoms with Gasteiger partial charge in [0.1, 0.15) is 32.1 Å². The maximum absolute atomic E-state index is 12.7. The van der Waals surface area contributed by atoms with Gasteiger partial charge in [-0.25, -0.2) is 24.9 Å². The number of rotatable bonds is 18. The molecule has 0 saturated carbocycles. The molecular formula is C73H88Cl3IN22O7S4Y2-2. The summed E-state index contributed by atoms with van der Waals surface area (Å²) in [5, 5.41) is 41.3. The number of piperazine rings is 2. The van der Waals surface area contributed by atoms with Crippen LogP contribution < -0.4 is 59.3 Å². The number of anilines is 10. The fourth-order valence-corrected chi connectivity index (χ4v) is 12.4. The Hall–Kier alpha value is -7.07. The summed E-state index contributed by atoms with van der Waals surface area (Å²) in [5.41, 5.74) is 22.0. The quantitative estimate of drug-likeness (QED) is 0.0125. The molecule has 4 aromatic carbocycles. The number of methoxy groups -OCH3 is 1. The molecule has 2 saturated heterocycles. The van der Waals surface area contributed by atoms with Crippen LogP contribution in [0.4, 0.5) is 55.6 Å². The molecule has 0 bridgehead atoms. The summed E-state index contributed by atoms with van der Waals surface area (Å²) in [6.07, 6.45) is 12.6. The molecule has 0 spiro atoms. The number of aryl methyl sites for hydroxylation is 8. The minimum absolute atomic E-state index is 0. The first-order valence-electron chi connectivity index (χ1n) is 33.6. The number of nitrogens with two attached hydrogens (primary N) is 3. The number of carbonyl (C=O) groups excluding carboxylic acids is 4. The van der Waals surface area contributed by atoms with Crippen molar-refractivity contribution in [2.24, 2.45) is 11.5 Å². The largest absolute Gasteiger partial charge is 0.504 e. The Kier molecular flexibility index (Phi) is 47.0. The molecule has 29 nitrogen and oxygen atoms in total. The van der Waals surface area contributed by atoms with Gasteiger partial charge in [0.25, 0.3) is 23.6 Å². The van der Waals surface area contributed by atoms with Gasteiger partial charge in [-0.2, -0.15) is 0 Å². The second-order valence-electron chi connectivity index (χ2n) is 23.4. The first-order valence-corrected chi connectivity index (χ1v) is 37.6. The van der Waals surface area contributed by atoms with Gasteiger partial charge in [0.05, 0.1) is 77.3 Å². The van der Waals surface area contributed by atoms with Gasteiger partial charge in [-0.05, 0) is 93.4 Å². The predicted octanol–water partition coefficient (Wildman–Crippen LogP) is 11.9. The van der Waals surface area contributed by atoms with Gasteiger partial charge < -0.3 is 94.2 Å². The number of thiocarbonyl (C=S) groups is 1. The molecule has 0 atom stereocenters. The molecule has 4 amide bonds. The van der Waals surface area contributed by atoms with Crippen molar-refractivity contribution in [2.75, 3.05) is 128 Å². The summed E-state index contributed by atoms with van der Waals surface area (Å²) < 4.78 is 4.64. The van der Waals surface area contributed by atoms with E-state index in [0.29, 0.717) is 98.6 Å². The van der Waals surface area contributed by atoms with Gasteiger partial charge >= 0.3 is 0 Å². The minimum Gasteiger partial charge on any atom is -0.504 e. The number of nitrogens with one attached hydrogen (secondary N) is 7. The Bertz CT molecular complexity index is 4550. The number of nitrogen functional groups attached to an aromatic ring is 1. The van der Waals surface area contributed by atoms with Crippen LogP contribution >= 0.6 is 105 Å². The van der Waals surface area contributed by atoms with E-state index in [0.717, 1.165) is 116 Å². The van der Waals surface area contributed by atoms with Gasteiger partial charge in [0.2, 0.25) is 0 Å². The van der Waals surface area contributed by atoms with Gasteiger partial charge in [-0.3, -0.25) is 29.0 Å². The number of amides is 4. The standard InChI is InChI=1S/C22H26ClN7O2S.C16H13ClN5OS.C11H10ClN3OS.C11H13NO2.C6H14N2O.C6H7N2.CH4N2S.HI.2Y/c1-14-4-3-5-16(23)20(14)28-21(32)17-13-24-22(33-17)27-18-12-19(26-15(2)25-18)30-8-6-29(7-9-30)10-11-31;1-9-4-3-5-11(17)14(9)22-15(23)12-8-19-16(24-12)21-13-6-7-18-10(2)20-13;1-6-3-2-4-7(12)9(6)15-10(16)8-5-14-11(13)17-8;1-9-5-3-4-6-10(9)12-11(13)7-8-14-2;9-6-5-8-3-1-7-2-4-8;1-5-3-4-7-6(2)8-5;2-1(3)4;;;/h3-5,12-13,31H,6-11H2,1-2H3,(H,28,32)(H,24,25,26,27);3-6,8H,1-2H3,(H,22,23)(H,18,19,20,21);2-5H,1H3,(H2,13,14)(H,15,16);3-8H,1-2H3,(H,12,13);7,9H,1-6H2;3H,1-2H3;(H4,2,3,4);1H;;/q;-1;;;;-1;;;;. The molecule has 15 N–H and O–H groups in total. The number of thiazole rings is 3. The number of aliphatic hydroxyl groups excluding tert-OH is 2. The number of hydrogen-bond acceptors (Lipinski definition) is 27. The van der Waals surface area contributed by atoms with Gasteiger partial charge in [0.15, 0.2) is 20.5 Å². The molecule has 12 rings (SSSR count). The summed E-state index contributed by atoms with van der Waals surface area (Å²) in [6.45, 7) is 24.7. The van der Waals surface area contributed by atoms with Crippen molar-refractivity contribution in [1.29, 1.82) is 0 Å². The summed E-state index contributed by atoms with van der Waals surface area (Å²) in [4.78, 5) is 93.6. The average molecular weight is 1920 g/mol. The van der Waals surface area contributed by atoms with E-state index in [-0.39, 0.29) is 125 Å². The number of carbonyl (C=O) groups is 4. The molecule has 8 heterocycles. The van der Waals surface area contributed by atoms with Crippen molar-refractivity contribution in [1.82, 2.24) is 60.0 Å². The van der Waals surface area contributed by atoms with Crippen molar-refractivity contribution in [2.45, 2.75) is 55.4 Å². The van der Waals surface area contributed by atoms with Crippen molar-refractivity contribution in [3.05, 3.63) is 216 Å². The first-order chi connectivity index (χ1) is 52.2. The maximum Gasteiger partial charge on any atom is 0.267 e. The van der Waals surface area contributed by atoms with E-state index in [1.807, 2.05) is 115 Å².